The third kappa shape index (κ3) is 2.35. The van der Waals surface area contributed by atoms with Gasteiger partial charge >= 0.3 is 0 Å². The van der Waals surface area contributed by atoms with Crippen molar-refractivity contribution in [1.82, 2.24) is 20.2 Å². The number of hydrogen-bond donors (Lipinski definition) is 2. The molecule has 2 rings (SSSR count). The summed E-state index contributed by atoms with van der Waals surface area (Å²) in [5.74, 6) is 1.85. The maximum Gasteiger partial charge on any atom is 0.239 e. The van der Waals surface area contributed by atoms with E-state index >= 15 is 0 Å². The molecule has 0 atom stereocenters. The molecule has 2 heterocycles. The molecular weight excluding hydrogens is 216 g/mol. The van der Waals surface area contributed by atoms with Gasteiger partial charge in [-0.2, -0.15) is 4.98 Å². The number of aromatic amines is 1. The van der Waals surface area contributed by atoms with Crippen molar-refractivity contribution < 1.29 is 0 Å². The van der Waals surface area contributed by atoms with Gasteiger partial charge in [0.15, 0.2) is 5.82 Å². The standard InChI is InChI=1S/C11H16N6/c1-3-17(4-2)9-7-8(5-6-13-9)10-14-11(12)16-15-10/h5-7H,3-4H2,1-2H3,(H3,12,14,15,16). The van der Waals surface area contributed by atoms with Gasteiger partial charge in [-0.15, -0.1) is 5.10 Å². The van der Waals surface area contributed by atoms with E-state index in [9.17, 15) is 0 Å². The molecule has 17 heavy (non-hydrogen) atoms. The Hall–Kier alpha value is -2.11. The van der Waals surface area contributed by atoms with Crippen molar-refractivity contribution in [2.24, 2.45) is 0 Å². The molecule has 0 aliphatic carbocycles. The Labute approximate surface area is 99.9 Å². The molecule has 0 aliphatic heterocycles. The Morgan fingerprint density at radius 1 is 1.35 bits per heavy atom. The molecular formula is C11H16N6. The molecule has 0 fully saturated rings. The average molecular weight is 232 g/mol. The predicted octanol–water partition coefficient (Wildman–Crippen LogP) is 1.30. The van der Waals surface area contributed by atoms with Crippen molar-refractivity contribution in [3.63, 3.8) is 0 Å². The largest absolute Gasteiger partial charge is 0.366 e. The highest BCUT2D eigenvalue weighted by Gasteiger charge is 2.07. The third-order valence-electron chi connectivity index (χ3n) is 2.61. The zero-order chi connectivity index (χ0) is 12.3. The van der Waals surface area contributed by atoms with E-state index in [1.807, 2.05) is 12.1 Å². The second-order valence-corrected chi connectivity index (χ2v) is 3.62. The topological polar surface area (TPSA) is 83.7 Å². The molecule has 0 radical (unpaired) electrons. The summed E-state index contributed by atoms with van der Waals surface area (Å²) < 4.78 is 0. The molecule has 0 aliphatic rings. The minimum absolute atomic E-state index is 0.251. The number of H-pyrrole nitrogens is 1. The monoisotopic (exact) mass is 232 g/mol. The van der Waals surface area contributed by atoms with Crippen molar-refractivity contribution in [3.8, 4) is 11.4 Å². The number of nitrogens with zero attached hydrogens (tertiary/aromatic N) is 4. The van der Waals surface area contributed by atoms with Gasteiger partial charge < -0.3 is 10.6 Å². The SMILES string of the molecule is CCN(CC)c1cc(-c2nc(N)n[nH]2)ccn1. The first kappa shape index (κ1) is 11.4. The molecule has 90 valence electrons. The average Bonchev–Trinajstić information content (AvgIpc) is 2.78. The van der Waals surface area contributed by atoms with E-state index in [4.69, 9.17) is 5.73 Å². The lowest BCUT2D eigenvalue weighted by atomic mass is 10.2. The van der Waals surface area contributed by atoms with E-state index in [0.717, 1.165) is 24.5 Å². The van der Waals surface area contributed by atoms with Gasteiger partial charge in [0.2, 0.25) is 5.95 Å². The molecule has 0 spiro atoms. The van der Waals surface area contributed by atoms with E-state index in [1.54, 1.807) is 6.20 Å². The summed E-state index contributed by atoms with van der Waals surface area (Å²) in [7, 11) is 0. The number of pyridine rings is 1. The van der Waals surface area contributed by atoms with Crippen LogP contribution in [0.4, 0.5) is 11.8 Å². The van der Waals surface area contributed by atoms with E-state index in [-0.39, 0.29) is 5.95 Å². The summed E-state index contributed by atoms with van der Waals surface area (Å²) in [5.41, 5.74) is 6.42. The van der Waals surface area contributed by atoms with E-state index < -0.39 is 0 Å². The second kappa shape index (κ2) is 4.82. The summed E-state index contributed by atoms with van der Waals surface area (Å²) in [6.07, 6.45) is 1.77. The summed E-state index contributed by atoms with van der Waals surface area (Å²) in [6, 6.07) is 3.86. The number of nitrogen functional groups attached to an aromatic ring is 1. The van der Waals surface area contributed by atoms with Crippen molar-refractivity contribution in [2.45, 2.75) is 13.8 Å². The lowest BCUT2D eigenvalue weighted by Gasteiger charge is -2.19. The Kier molecular flexibility index (Phi) is 3.22. The van der Waals surface area contributed by atoms with Crippen molar-refractivity contribution >= 4 is 11.8 Å². The Morgan fingerprint density at radius 2 is 2.12 bits per heavy atom. The van der Waals surface area contributed by atoms with E-state index in [2.05, 4.69) is 38.9 Å². The first-order chi connectivity index (χ1) is 8.24. The molecule has 0 bridgehead atoms. The van der Waals surface area contributed by atoms with Gasteiger partial charge in [0.1, 0.15) is 5.82 Å². The Balaban J connectivity index is 2.34. The van der Waals surface area contributed by atoms with Gasteiger partial charge in [-0.05, 0) is 26.0 Å². The Bertz CT molecular complexity index is 488. The maximum atomic E-state index is 5.49. The first-order valence-corrected chi connectivity index (χ1v) is 5.63. The van der Waals surface area contributed by atoms with Gasteiger partial charge in [-0.3, -0.25) is 5.10 Å². The summed E-state index contributed by atoms with van der Waals surface area (Å²) in [4.78, 5) is 10.6. The number of anilines is 2. The molecule has 0 aromatic carbocycles. The van der Waals surface area contributed by atoms with Crippen LogP contribution in [0.5, 0.6) is 0 Å². The van der Waals surface area contributed by atoms with E-state index in [0.29, 0.717) is 5.82 Å². The minimum Gasteiger partial charge on any atom is -0.366 e. The summed E-state index contributed by atoms with van der Waals surface area (Å²) in [6.45, 7) is 6.05. The molecule has 3 N–H and O–H groups in total. The summed E-state index contributed by atoms with van der Waals surface area (Å²) in [5, 5.41) is 6.61. The van der Waals surface area contributed by atoms with Gasteiger partial charge in [0.05, 0.1) is 0 Å². The quantitative estimate of drug-likeness (QED) is 0.830. The van der Waals surface area contributed by atoms with Crippen molar-refractivity contribution in [2.75, 3.05) is 23.7 Å². The maximum absolute atomic E-state index is 5.49. The van der Waals surface area contributed by atoms with Gasteiger partial charge in [0.25, 0.3) is 0 Å². The smallest absolute Gasteiger partial charge is 0.239 e. The van der Waals surface area contributed by atoms with Crippen molar-refractivity contribution in [1.29, 1.82) is 0 Å². The highest BCUT2D eigenvalue weighted by Crippen LogP contribution is 2.19. The third-order valence-corrected chi connectivity index (χ3v) is 2.61. The fourth-order valence-corrected chi connectivity index (χ4v) is 1.69. The first-order valence-electron chi connectivity index (χ1n) is 5.63. The summed E-state index contributed by atoms with van der Waals surface area (Å²) >= 11 is 0. The molecule has 2 aromatic rings. The normalized spacial score (nSPS) is 10.5. The van der Waals surface area contributed by atoms with Crippen LogP contribution in [0.15, 0.2) is 18.3 Å². The second-order valence-electron chi connectivity index (χ2n) is 3.62. The zero-order valence-electron chi connectivity index (χ0n) is 10.0. The van der Waals surface area contributed by atoms with Gasteiger partial charge in [-0.1, -0.05) is 0 Å². The minimum atomic E-state index is 0.251. The molecule has 6 heteroatoms. The number of hydrogen-bond acceptors (Lipinski definition) is 5. The van der Waals surface area contributed by atoms with Crippen molar-refractivity contribution in [3.05, 3.63) is 18.3 Å². The fraction of sp³-hybridized carbons (Fsp3) is 0.364. The molecule has 6 nitrogen and oxygen atoms in total. The van der Waals surface area contributed by atoms with Crippen LogP contribution in [-0.4, -0.2) is 33.3 Å². The van der Waals surface area contributed by atoms with E-state index in [1.165, 1.54) is 0 Å². The number of rotatable bonds is 4. The molecule has 0 saturated heterocycles. The van der Waals surface area contributed by atoms with Crippen LogP contribution in [0.1, 0.15) is 13.8 Å². The lowest BCUT2D eigenvalue weighted by molar-refractivity contribution is 0.846. The molecule has 0 saturated carbocycles. The van der Waals surface area contributed by atoms with Crippen LogP contribution in [0.3, 0.4) is 0 Å². The number of nitrogens with two attached hydrogens (primary N) is 1. The number of nitrogens with one attached hydrogen (secondary N) is 1. The van der Waals surface area contributed by atoms with Crippen LogP contribution in [-0.2, 0) is 0 Å². The molecule has 0 amide bonds. The fourth-order valence-electron chi connectivity index (χ4n) is 1.69. The van der Waals surface area contributed by atoms with Crippen LogP contribution >= 0.6 is 0 Å². The predicted molar refractivity (Wildman–Crippen MR) is 67.6 cm³/mol. The van der Waals surface area contributed by atoms with Crippen LogP contribution in [0, 0.1) is 0 Å². The Morgan fingerprint density at radius 3 is 2.71 bits per heavy atom. The highest BCUT2D eigenvalue weighted by molar-refractivity contribution is 5.60. The van der Waals surface area contributed by atoms with Crippen LogP contribution < -0.4 is 10.6 Å². The van der Waals surface area contributed by atoms with Crippen LogP contribution in [0.2, 0.25) is 0 Å². The number of aromatic nitrogens is 4. The van der Waals surface area contributed by atoms with Gasteiger partial charge in [0, 0.05) is 24.8 Å². The zero-order valence-corrected chi connectivity index (χ0v) is 10.0. The van der Waals surface area contributed by atoms with Crippen LogP contribution in [0.25, 0.3) is 11.4 Å². The molecule has 0 unspecified atom stereocenters. The van der Waals surface area contributed by atoms with Gasteiger partial charge in [-0.25, -0.2) is 4.98 Å². The molecule has 2 aromatic heterocycles. The highest BCUT2D eigenvalue weighted by atomic mass is 15.3. The lowest BCUT2D eigenvalue weighted by Crippen LogP contribution is -2.22.